The van der Waals surface area contributed by atoms with E-state index in [2.05, 4.69) is 17.2 Å². The molecular weight excluding hydrogens is 210 g/mol. The Morgan fingerprint density at radius 2 is 2.12 bits per heavy atom. The molecule has 0 saturated carbocycles. The lowest BCUT2D eigenvalue weighted by atomic mass is 9.98. The zero-order valence-electron chi connectivity index (χ0n) is 10.5. The number of hydrogen-bond donors (Lipinski definition) is 1. The molecule has 90 valence electrons. The van der Waals surface area contributed by atoms with E-state index in [0.29, 0.717) is 12.8 Å². The molecule has 0 aliphatic heterocycles. The smallest absolute Gasteiger partial charge is 0.164 e. The maximum absolute atomic E-state index is 12.0. The van der Waals surface area contributed by atoms with E-state index in [1.807, 2.05) is 31.3 Å². The third-order valence-corrected chi connectivity index (χ3v) is 2.62. The van der Waals surface area contributed by atoms with Gasteiger partial charge >= 0.3 is 0 Å². The minimum atomic E-state index is 0.194. The summed E-state index contributed by atoms with van der Waals surface area (Å²) in [7, 11) is 1.92. The first-order valence-electron chi connectivity index (χ1n) is 5.95. The van der Waals surface area contributed by atoms with Gasteiger partial charge in [-0.3, -0.25) is 4.79 Å². The molecule has 1 rings (SSSR count). The van der Waals surface area contributed by atoms with Crippen molar-refractivity contribution >= 4 is 5.78 Å². The molecule has 0 bridgehead atoms. The molecule has 2 nitrogen and oxygen atoms in total. The van der Waals surface area contributed by atoms with Crippen molar-refractivity contribution < 1.29 is 4.79 Å². The lowest BCUT2D eigenvalue weighted by Crippen LogP contribution is -2.13. The van der Waals surface area contributed by atoms with Gasteiger partial charge in [-0.2, -0.15) is 0 Å². The standard InChI is InChI=1S/C15H19NO/c1-3-4-5-10-15(17)14-9-7-6-8-13(14)11-12-16-2/h6-9,16H,5,10-12H2,1-2H3. The van der Waals surface area contributed by atoms with Gasteiger partial charge in [0, 0.05) is 18.4 Å². The van der Waals surface area contributed by atoms with Crippen molar-refractivity contribution in [2.24, 2.45) is 0 Å². The molecule has 17 heavy (non-hydrogen) atoms. The molecule has 1 N–H and O–H groups in total. The second kappa shape index (κ2) is 7.65. The number of ketones is 1. The molecule has 0 amide bonds. The second-order valence-corrected chi connectivity index (χ2v) is 3.86. The maximum Gasteiger partial charge on any atom is 0.164 e. The lowest BCUT2D eigenvalue weighted by molar-refractivity contribution is 0.0983. The molecule has 0 aromatic heterocycles. The van der Waals surface area contributed by atoms with Crippen LogP contribution in [-0.2, 0) is 6.42 Å². The third kappa shape index (κ3) is 4.42. The van der Waals surface area contributed by atoms with Crippen molar-refractivity contribution in [2.45, 2.75) is 26.2 Å². The molecule has 0 unspecified atom stereocenters. The quantitative estimate of drug-likeness (QED) is 0.599. The van der Waals surface area contributed by atoms with E-state index < -0.39 is 0 Å². The Labute approximate surface area is 103 Å². The van der Waals surface area contributed by atoms with Gasteiger partial charge in [-0.05, 0) is 32.5 Å². The largest absolute Gasteiger partial charge is 0.319 e. The highest BCUT2D eigenvalue weighted by Crippen LogP contribution is 2.12. The fraction of sp³-hybridized carbons (Fsp3) is 0.400. The molecule has 0 saturated heterocycles. The summed E-state index contributed by atoms with van der Waals surface area (Å²) >= 11 is 0. The minimum Gasteiger partial charge on any atom is -0.319 e. The average molecular weight is 229 g/mol. The van der Waals surface area contributed by atoms with Crippen molar-refractivity contribution in [2.75, 3.05) is 13.6 Å². The van der Waals surface area contributed by atoms with Gasteiger partial charge in [0.25, 0.3) is 0 Å². The van der Waals surface area contributed by atoms with E-state index in [1.54, 1.807) is 6.92 Å². The number of carbonyl (C=O) groups excluding carboxylic acids is 1. The fourth-order valence-corrected chi connectivity index (χ4v) is 1.71. The van der Waals surface area contributed by atoms with Gasteiger partial charge in [-0.25, -0.2) is 0 Å². The van der Waals surface area contributed by atoms with E-state index >= 15 is 0 Å². The van der Waals surface area contributed by atoms with Crippen molar-refractivity contribution in [1.29, 1.82) is 0 Å². The number of likely N-dealkylation sites (N-methyl/N-ethyl adjacent to an activating group) is 1. The van der Waals surface area contributed by atoms with Gasteiger partial charge in [0.1, 0.15) is 0 Å². The number of Topliss-reactive ketones (excluding diaryl/α,β-unsaturated/α-hetero) is 1. The molecule has 0 aliphatic rings. The Kier molecular flexibility index (Phi) is 6.06. The van der Waals surface area contributed by atoms with Gasteiger partial charge in [0.05, 0.1) is 0 Å². The van der Waals surface area contributed by atoms with E-state index in [9.17, 15) is 4.79 Å². The maximum atomic E-state index is 12.0. The molecule has 0 spiro atoms. The highest BCUT2D eigenvalue weighted by Gasteiger charge is 2.09. The number of rotatable bonds is 6. The summed E-state index contributed by atoms with van der Waals surface area (Å²) < 4.78 is 0. The Bertz CT molecular complexity index is 426. The zero-order chi connectivity index (χ0) is 12.5. The van der Waals surface area contributed by atoms with E-state index in [1.165, 1.54) is 0 Å². The van der Waals surface area contributed by atoms with E-state index in [4.69, 9.17) is 0 Å². The van der Waals surface area contributed by atoms with E-state index in [0.717, 1.165) is 24.1 Å². The van der Waals surface area contributed by atoms with Crippen LogP contribution in [0.4, 0.5) is 0 Å². The third-order valence-electron chi connectivity index (χ3n) is 2.62. The number of benzene rings is 1. The van der Waals surface area contributed by atoms with Crippen molar-refractivity contribution in [3.63, 3.8) is 0 Å². The minimum absolute atomic E-state index is 0.194. The molecule has 1 aromatic carbocycles. The summed E-state index contributed by atoms with van der Waals surface area (Å²) in [4.78, 5) is 12.0. The van der Waals surface area contributed by atoms with Gasteiger partial charge in [-0.15, -0.1) is 11.8 Å². The van der Waals surface area contributed by atoms with Crippen molar-refractivity contribution in [1.82, 2.24) is 5.32 Å². The molecule has 0 fully saturated rings. The Balaban J connectivity index is 2.72. The summed E-state index contributed by atoms with van der Waals surface area (Å²) in [6.45, 7) is 2.68. The van der Waals surface area contributed by atoms with Gasteiger partial charge < -0.3 is 5.32 Å². The van der Waals surface area contributed by atoms with Crippen LogP contribution in [0.1, 0.15) is 35.7 Å². The summed E-state index contributed by atoms with van der Waals surface area (Å²) in [5.74, 6) is 5.93. The van der Waals surface area contributed by atoms with Crippen LogP contribution in [0.2, 0.25) is 0 Å². The Hall–Kier alpha value is -1.59. The van der Waals surface area contributed by atoms with Crippen LogP contribution in [0.5, 0.6) is 0 Å². The van der Waals surface area contributed by atoms with Crippen LogP contribution in [0.25, 0.3) is 0 Å². The molecular formula is C15H19NO. The van der Waals surface area contributed by atoms with Crippen LogP contribution in [0, 0.1) is 11.8 Å². The van der Waals surface area contributed by atoms with E-state index in [-0.39, 0.29) is 5.78 Å². The summed E-state index contributed by atoms with van der Waals surface area (Å²) in [5, 5.41) is 3.10. The van der Waals surface area contributed by atoms with Crippen LogP contribution in [0.3, 0.4) is 0 Å². The lowest BCUT2D eigenvalue weighted by Gasteiger charge is -2.07. The summed E-state index contributed by atoms with van der Waals surface area (Å²) in [5.41, 5.74) is 1.97. The molecule has 1 aromatic rings. The van der Waals surface area contributed by atoms with Crippen LogP contribution >= 0.6 is 0 Å². The monoisotopic (exact) mass is 229 g/mol. The van der Waals surface area contributed by atoms with Gasteiger partial charge in [0.2, 0.25) is 0 Å². The molecule has 0 radical (unpaired) electrons. The Morgan fingerprint density at radius 1 is 1.35 bits per heavy atom. The predicted molar refractivity (Wildman–Crippen MR) is 71.1 cm³/mol. The van der Waals surface area contributed by atoms with Gasteiger partial charge in [-0.1, -0.05) is 24.3 Å². The first-order chi connectivity index (χ1) is 8.29. The SMILES string of the molecule is CC#CCCC(=O)c1ccccc1CCNC. The van der Waals surface area contributed by atoms with Crippen LogP contribution < -0.4 is 5.32 Å². The first-order valence-corrected chi connectivity index (χ1v) is 5.95. The van der Waals surface area contributed by atoms with Gasteiger partial charge in [0.15, 0.2) is 5.78 Å². The van der Waals surface area contributed by atoms with Crippen LogP contribution in [-0.4, -0.2) is 19.4 Å². The summed E-state index contributed by atoms with van der Waals surface area (Å²) in [6, 6.07) is 7.83. The average Bonchev–Trinajstić information content (AvgIpc) is 2.37. The normalized spacial score (nSPS) is 9.53. The molecule has 2 heteroatoms. The summed E-state index contributed by atoms with van der Waals surface area (Å²) in [6.07, 6.45) is 2.05. The first kappa shape index (κ1) is 13.5. The Morgan fingerprint density at radius 3 is 2.82 bits per heavy atom. The van der Waals surface area contributed by atoms with Crippen molar-refractivity contribution in [3.05, 3.63) is 35.4 Å². The number of carbonyl (C=O) groups is 1. The predicted octanol–water partition coefficient (Wildman–Crippen LogP) is 2.43. The highest BCUT2D eigenvalue weighted by atomic mass is 16.1. The molecule has 0 atom stereocenters. The molecule has 0 heterocycles. The topological polar surface area (TPSA) is 29.1 Å². The highest BCUT2D eigenvalue weighted by molar-refractivity contribution is 5.97. The second-order valence-electron chi connectivity index (χ2n) is 3.86. The zero-order valence-corrected chi connectivity index (χ0v) is 10.5. The number of hydrogen-bond acceptors (Lipinski definition) is 2. The van der Waals surface area contributed by atoms with Crippen molar-refractivity contribution in [3.8, 4) is 11.8 Å². The van der Waals surface area contributed by atoms with Crippen LogP contribution in [0.15, 0.2) is 24.3 Å². The molecule has 0 aliphatic carbocycles. The number of nitrogens with one attached hydrogen (secondary N) is 1. The fourth-order valence-electron chi connectivity index (χ4n) is 1.71.